The molecule has 4 nitrogen and oxygen atoms in total. The number of carbonyl (C=O) groups is 1. The van der Waals surface area contributed by atoms with Gasteiger partial charge in [-0.2, -0.15) is 13.2 Å². The SMILES string of the molecule is Cc1ccc(OC(C)C(=O)N(CC(F)(F)F)c2nc(C)cs2)c(Br)c1. The highest BCUT2D eigenvalue weighted by molar-refractivity contribution is 9.10. The number of carbonyl (C=O) groups excluding carboxylic acids is 1. The minimum atomic E-state index is -4.54. The molecule has 0 spiro atoms. The van der Waals surface area contributed by atoms with E-state index in [4.69, 9.17) is 4.74 Å². The van der Waals surface area contributed by atoms with E-state index < -0.39 is 24.7 Å². The molecule has 1 atom stereocenters. The zero-order chi connectivity index (χ0) is 18.8. The molecule has 0 N–H and O–H groups in total. The molecule has 0 bridgehead atoms. The molecule has 0 saturated heterocycles. The molecular weight excluding hydrogens is 421 g/mol. The first kappa shape index (κ1) is 19.7. The lowest BCUT2D eigenvalue weighted by Crippen LogP contribution is -2.45. The summed E-state index contributed by atoms with van der Waals surface area (Å²) >= 11 is 4.30. The highest BCUT2D eigenvalue weighted by Crippen LogP contribution is 2.29. The Morgan fingerprint density at radius 3 is 2.60 bits per heavy atom. The van der Waals surface area contributed by atoms with Crippen molar-refractivity contribution in [3.63, 3.8) is 0 Å². The van der Waals surface area contributed by atoms with Gasteiger partial charge in [0.15, 0.2) is 11.2 Å². The summed E-state index contributed by atoms with van der Waals surface area (Å²) in [5, 5.41) is 1.59. The molecule has 0 aliphatic rings. The summed E-state index contributed by atoms with van der Waals surface area (Å²) in [5.41, 5.74) is 1.53. The van der Waals surface area contributed by atoms with E-state index in [1.807, 2.05) is 6.92 Å². The highest BCUT2D eigenvalue weighted by atomic mass is 79.9. The number of aryl methyl sites for hydroxylation is 2. The Kier molecular flexibility index (Phi) is 6.10. The average Bonchev–Trinajstić information content (AvgIpc) is 2.92. The van der Waals surface area contributed by atoms with Crippen LogP contribution in [0.25, 0.3) is 0 Å². The van der Waals surface area contributed by atoms with E-state index in [9.17, 15) is 18.0 Å². The molecular formula is C16H16BrF3N2O2S. The van der Waals surface area contributed by atoms with Gasteiger partial charge < -0.3 is 4.74 Å². The first-order valence-corrected chi connectivity index (χ1v) is 8.97. The molecule has 2 rings (SSSR count). The topological polar surface area (TPSA) is 42.4 Å². The molecule has 0 aliphatic carbocycles. The lowest BCUT2D eigenvalue weighted by molar-refractivity contribution is -0.136. The van der Waals surface area contributed by atoms with Crippen molar-refractivity contribution in [2.75, 3.05) is 11.4 Å². The molecule has 1 aromatic carbocycles. The summed E-state index contributed by atoms with van der Waals surface area (Å²) in [6.45, 7) is 3.54. The monoisotopic (exact) mass is 436 g/mol. The predicted molar refractivity (Wildman–Crippen MR) is 94.2 cm³/mol. The van der Waals surface area contributed by atoms with Crippen LogP contribution >= 0.6 is 27.3 Å². The smallest absolute Gasteiger partial charge is 0.406 e. The second kappa shape index (κ2) is 7.74. The summed E-state index contributed by atoms with van der Waals surface area (Å²) < 4.78 is 44.9. The number of rotatable bonds is 5. The van der Waals surface area contributed by atoms with E-state index in [0.717, 1.165) is 16.9 Å². The summed E-state index contributed by atoms with van der Waals surface area (Å²) in [7, 11) is 0. The molecule has 1 heterocycles. The number of nitrogens with zero attached hydrogens (tertiary/aromatic N) is 2. The standard InChI is InChI=1S/C16H16BrF3N2O2S/c1-9-4-5-13(12(17)6-9)24-11(3)14(23)22(8-16(18,19)20)15-21-10(2)7-25-15/h4-7,11H,8H2,1-3H3. The zero-order valence-corrected chi connectivity index (χ0v) is 16.1. The minimum Gasteiger partial charge on any atom is -0.480 e. The molecule has 2 aromatic rings. The van der Waals surface area contributed by atoms with Crippen molar-refractivity contribution in [3.8, 4) is 5.75 Å². The van der Waals surface area contributed by atoms with Crippen LogP contribution in [0, 0.1) is 13.8 Å². The lowest BCUT2D eigenvalue weighted by atomic mass is 10.2. The van der Waals surface area contributed by atoms with Gasteiger partial charge in [-0.25, -0.2) is 4.98 Å². The summed E-state index contributed by atoms with van der Waals surface area (Å²) in [6, 6.07) is 5.24. The van der Waals surface area contributed by atoms with Crippen LogP contribution in [-0.4, -0.2) is 29.7 Å². The van der Waals surface area contributed by atoms with Crippen LogP contribution in [0.3, 0.4) is 0 Å². The van der Waals surface area contributed by atoms with Crippen molar-refractivity contribution in [2.24, 2.45) is 0 Å². The second-order valence-electron chi connectivity index (χ2n) is 5.50. The Labute approximate surface area is 155 Å². The molecule has 0 saturated carbocycles. The molecule has 9 heteroatoms. The second-order valence-corrected chi connectivity index (χ2v) is 7.20. The number of halogens is 4. The van der Waals surface area contributed by atoms with Crippen molar-refractivity contribution >= 4 is 38.3 Å². The van der Waals surface area contributed by atoms with E-state index in [0.29, 0.717) is 20.8 Å². The van der Waals surface area contributed by atoms with Crippen LogP contribution < -0.4 is 9.64 Å². The maximum absolute atomic E-state index is 12.9. The van der Waals surface area contributed by atoms with Crippen LogP contribution in [0.4, 0.5) is 18.3 Å². The van der Waals surface area contributed by atoms with Gasteiger partial charge in [-0.15, -0.1) is 11.3 Å². The first-order chi connectivity index (χ1) is 11.6. The van der Waals surface area contributed by atoms with E-state index in [-0.39, 0.29) is 5.13 Å². The number of alkyl halides is 3. The van der Waals surface area contributed by atoms with Gasteiger partial charge in [0.1, 0.15) is 12.3 Å². The van der Waals surface area contributed by atoms with Crippen LogP contribution in [0.2, 0.25) is 0 Å². The van der Waals surface area contributed by atoms with Crippen molar-refractivity contribution in [1.29, 1.82) is 0 Å². The molecule has 0 aliphatic heterocycles. The number of anilines is 1. The average molecular weight is 437 g/mol. The Balaban J connectivity index is 2.22. The quantitative estimate of drug-likeness (QED) is 0.670. The van der Waals surface area contributed by atoms with Crippen molar-refractivity contribution < 1.29 is 22.7 Å². The van der Waals surface area contributed by atoms with Crippen molar-refractivity contribution in [3.05, 3.63) is 39.3 Å². The normalized spacial score (nSPS) is 12.8. The number of benzene rings is 1. The van der Waals surface area contributed by atoms with Crippen molar-refractivity contribution in [2.45, 2.75) is 33.1 Å². The van der Waals surface area contributed by atoms with E-state index in [1.54, 1.807) is 30.5 Å². The lowest BCUT2D eigenvalue weighted by Gasteiger charge is -2.25. The van der Waals surface area contributed by atoms with Gasteiger partial charge in [0.05, 0.1) is 10.2 Å². The Morgan fingerprint density at radius 2 is 2.08 bits per heavy atom. The number of ether oxygens (including phenoxy) is 1. The Morgan fingerprint density at radius 1 is 1.40 bits per heavy atom. The van der Waals surface area contributed by atoms with E-state index in [2.05, 4.69) is 20.9 Å². The van der Waals surface area contributed by atoms with Gasteiger partial charge >= 0.3 is 6.18 Å². The number of aromatic nitrogens is 1. The molecule has 1 amide bonds. The first-order valence-electron chi connectivity index (χ1n) is 7.30. The number of amides is 1. The highest BCUT2D eigenvalue weighted by Gasteiger charge is 2.37. The summed E-state index contributed by atoms with van der Waals surface area (Å²) in [4.78, 5) is 17.2. The van der Waals surface area contributed by atoms with Crippen LogP contribution in [0.15, 0.2) is 28.1 Å². The summed E-state index contributed by atoms with van der Waals surface area (Å²) in [6.07, 6.45) is -5.65. The van der Waals surface area contributed by atoms with Crippen molar-refractivity contribution in [1.82, 2.24) is 4.98 Å². The fraction of sp³-hybridized carbons (Fsp3) is 0.375. The minimum absolute atomic E-state index is 0.00162. The van der Waals surface area contributed by atoms with Gasteiger partial charge in [0, 0.05) is 5.38 Å². The zero-order valence-electron chi connectivity index (χ0n) is 13.7. The van der Waals surface area contributed by atoms with Crippen LogP contribution in [0.5, 0.6) is 5.75 Å². The molecule has 1 unspecified atom stereocenters. The van der Waals surface area contributed by atoms with Gasteiger partial charge in [-0.05, 0) is 54.4 Å². The molecule has 25 heavy (non-hydrogen) atoms. The number of hydrogen-bond donors (Lipinski definition) is 0. The van der Waals surface area contributed by atoms with Gasteiger partial charge in [-0.3, -0.25) is 9.69 Å². The number of hydrogen-bond acceptors (Lipinski definition) is 4. The number of thiazole rings is 1. The summed E-state index contributed by atoms with van der Waals surface area (Å²) in [5.74, 6) is -0.423. The molecule has 136 valence electrons. The third-order valence-electron chi connectivity index (χ3n) is 3.18. The molecule has 1 aromatic heterocycles. The van der Waals surface area contributed by atoms with Gasteiger partial charge in [-0.1, -0.05) is 6.07 Å². The van der Waals surface area contributed by atoms with Gasteiger partial charge in [0.25, 0.3) is 5.91 Å². The van der Waals surface area contributed by atoms with Crippen LogP contribution in [0.1, 0.15) is 18.2 Å². The van der Waals surface area contributed by atoms with Gasteiger partial charge in [0.2, 0.25) is 0 Å². The maximum atomic E-state index is 12.9. The molecule has 0 fully saturated rings. The fourth-order valence-corrected chi connectivity index (χ4v) is 3.44. The Hall–Kier alpha value is -1.61. The Bertz CT molecular complexity index is 764. The van der Waals surface area contributed by atoms with E-state index in [1.165, 1.54) is 6.92 Å². The van der Waals surface area contributed by atoms with Crippen LogP contribution in [-0.2, 0) is 4.79 Å². The fourth-order valence-electron chi connectivity index (χ4n) is 2.05. The predicted octanol–water partition coefficient (Wildman–Crippen LogP) is 4.89. The third kappa shape index (κ3) is 5.43. The molecule has 0 radical (unpaired) electrons. The largest absolute Gasteiger partial charge is 0.480 e. The maximum Gasteiger partial charge on any atom is 0.406 e. The van der Waals surface area contributed by atoms with E-state index >= 15 is 0 Å². The third-order valence-corrected chi connectivity index (χ3v) is 4.78.